The van der Waals surface area contributed by atoms with E-state index in [0.717, 1.165) is 49.3 Å². The highest BCUT2D eigenvalue weighted by Crippen LogP contribution is 2.45. The van der Waals surface area contributed by atoms with Crippen LogP contribution in [0.15, 0.2) is 12.3 Å². The number of nitrogens with two attached hydrogens (primary N) is 1. The van der Waals surface area contributed by atoms with Crippen molar-refractivity contribution >= 4 is 28.7 Å². The molecule has 1 aliphatic carbocycles. The van der Waals surface area contributed by atoms with Crippen molar-refractivity contribution in [3.63, 3.8) is 0 Å². The molecule has 2 aliphatic rings. The van der Waals surface area contributed by atoms with Crippen molar-refractivity contribution in [1.29, 1.82) is 0 Å². The maximum absolute atomic E-state index is 12.4. The second kappa shape index (κ2) is 5.62. The first-order valence-electron chi connectivity index (χ1n) is 8.45. The van der Waals surface area contributed by atoms with Crippen LogP contribution in [0.25, 0.3) is 11.0 Å². The fraction of sp³-hybridized carbons (Fsp3) is 0.562. The van der Waals surface area contributed by atoms with Gasteiger partial charge in [-0.3, -0.25) is 4.79 Å². The monoisotopic (exact) mass is 329 g/mol. The van der Waals surface area contributed by atoms with Crippen molar-refractivity contribution < 1.29 is 4.79 Å². The molecule has 3 heterocycles. The fourth-order valence-corrected chi connectivity index (χ4v) is 3.66. The van der Waals surface area contributed by atoms with Gasteiger partial charge >= 0.3 is 0 Å². The number of H-pyrrole nitrogens is 1. The molecule has 2 fully saturated rings. The topological polar surface area (TPSA) is 103 Å². The SMILES string of the molecule is CNc1nc(N2CCN(C(=O)CCN)C3(CC3)C2)c2cc[nH]c2n1. The lowest BCUT2D eigenvalue weighted by Gasteiger charge is -2.43. The minimum absolute atomic E-state index is 0.0299. The molecule has 8 heteroatoms. The normalized spacial score (nSPS) is 19.1. The van der Waals surface area contributed by atoms with Crippen LogP contribution in [0.1, 0.15) is 19.3 Å². The van der Waals surface area contributed by atoms with Gasteiger partial charge in [0.1, 0.15) is 11.5 Å². The largest absolute Gasteiger partial charge is 0.357 e. The van der Waals surface area contributed by atoms with E-state index in [-0.39, 0.29) is 11.4 Å². The number of hydrogen-bond donors (Lipinski definition) is 3. The van der Waals surface area contributed by atoms with E-state index in [1.807, 2.05) is 24.2 Å². The number of piperazine rings is 1. The van der Waals surface area contributed by atoms with Gasteiger partial charge in [-0.15, -0.1) is 0 Å². The number of anilines is 2. The van der Waals surface area contributed by atoms with Gasteiger partial charge in [0.05, 0.1) is 10.9 Å². The van der Waals surface area contributed by atoms with Gasteiger partial charge in [0.2, 0.25) is 11.9 Å². The quantitative estimate of drug-likeness (QED) is 0.756. The summed E-state index contributed by atoms with van der Waals surface area (Å²) in [5.74, 6) is 1.72. The summed E-state index contributed by atoms with van der Waals surface area (Å²) >= 11 is 0. The highest BCUT2D eigenvalue weighted by Gasteiger charge is 2.53. The predicted molar refractivity (Wildman–Crippen MR) is 93.0 cm³/mol. The Morgan fingerprint density at radius 3 is 2.96 bits per heavy atom. The van der Waals surface area contributed by atoms with Crippen LogP contribution in [0.2, 0.25) is 0 Å². The molecule has 128 valence electrons. The lowest BCUT2D eigenvalue weighted by Crippen LogP contribution is -2.57. The van der Waals surface area contributed by atoms with Crippen LogP contribution < -0.4 is 16.0 Å². The Morgan fingerprint density at radius 2 is 2.25 bits per heavy atom. The van der Waals surface area contributed by atoms with Crippen molar-refractivity contribution in [1.82, 2.24) is 19.9 Å². The van der Waals surface area contributed by atoms with Gasteiger partial charge in [0, 0.05) is 45.8 Å². The highest BCUT2D eigenvalue weighted by molar-refractivity contribution is 5.89. The van der Waals surface area contributed by atoms with E-state index < -0.39 is 0 Å². The Labute approximate surface area is 140 Å². The molecule has 0 unspecified atom stereocenters. The molecule has 0 radical (unpaired) electrons. The van der Waals surface area contributed by atoms with Gasteiger partial charge in [-0.05, 0) is 18.9 Å². The molecule has 1 spiro atoms. The van der Waals surface area contributed by atoms with Crippen LogP contribution >= 0.6 is 0 Å². The van der Waals surface area contributed by atoms with Crippen LogP contribution in [0, 0.1) is 0 Å². The molecule has 0 bridgehead atoms. The zero-order valence-corrected chi connectivity index (χ0v) is 13.9. The molecule has 1 amide bonds. The summed E-state index contributed by atoms with van der Waals surface area (Å²) in [6.07, 6.45) is 4.43. The number of aromatic nitrogens is 3. The van der Waals surface area contributed by atoms with Crippen LogP contribution in [0.5, 0.6) is 0 Å². The summed E-state index contributed by atoms with van der Waals surface area (Å²) in [7, 11) is 1.82. The average Bonchev–Trinajstić information content (AvgIpc) is 3.18. The molecule has 24 heavy (non-hydrogen) atoms. The summed E-state index contributed by atoms with van der Waals surface area (Å²) in [6, 6.07) is 2.01. The first kappa shape index (κ1) is 15.2. The Hall–Kier alpha value is -2.35. The molecule has 4 N–H and O–H groups in total. The van der Waals surface area contributed by atoms with E-state index in [0.29, 0.717) is 18.9 Å². The maximum Gasteiger partial charge on any atom is 0.226 e. The van der Waals surface area contributed by atoms with Gasteiger partial charge in [0.15, 0.2) is 0 Å². The van der Waals surface area contributed by atoms with E-state index in [9.17, 15) is 4.79 Å². The van der Waals surface area contributed by atoms with E-state index in [2.05, 4.69) is 25.2 Å². The first-order valence-corrected chi connectivity index (χ1v) is 8.45. The van der Waals surface area contributed by atoms with Crippen molar-refractivity contribution in [2.45, 2.75) is 24.8 Å². The molecule has 4 rings (SSSR count). The number of carbonyl (C=O) groups is 1. The second-order valence-electron chi connectivity index (χ2n) is 6.59. The molecule has 1 saturated carbocycles. The fourth-order valence-electron chi connectivity index (χ4n) is 3.66. The van der Waals surface area contributed by atoms with Crippen LogP contribution in [-0.2, 0) is 4.79 Å². The summed E-state index contributed by atoms with van der Waals surface area (Å²) in [5, 5.41) is 4.04. The zero-order valence-electron chi connectivity index (χ0n) is 13.9. The third-order valence-electron chi connectivity index (χ3n) is 5.06. The van der Waals surface area contributed by atoms with Gasteiger partial charge in [-0.2, -0.15) is 9.97 Å². The number of carbonyl (C=O) groups excluding carboxylic acids is 1. The average molecular weight is 329 g/mol. The number of rotatable bonds is 4. The zero-order chi connectivity index (χ0) is 16.7. The third kappa shape index (κ3) is 2.37. The lowest BCUT2D eigenvalue weighted by molar-refractivity contribution is -0.134. The number of aromatic amines is 1. The van der Waals surface area contributed by atoms with Crippen molar-refractivity contribution in [3.8, 4) is 0 Å². The molecule has 1 aliphatic heterocycles. The minimum Gasteiger partial charge on any atom is -0.357 e. The van der Waals surface area contributed by atoms with Crippen molar-refractivity contribution in [3.05, 3.63) is 12.3 Å². The highest BCUT2D eigenvalue weighted by atomic mass is 16.2. The Balaban J connectivity index is 1.63. The maximum atomic E-state index is 12.4. The smallest absolute Gasteiger partial charge is 0.226 e. The van der Waals surface area contributed by atoms with Crippen molar-refractivity contribution in [2.24, 2.45) is 5.73 Å². The molecule has 0 atom stereocenters. The third-order valence-corrected chi connectivity index (χ3v) is 5.06. The van der Waals surface area contributed by atoms with Crippen LogP contribution in [-0.4, -0.2) is 64.5 Å². The van der Waals surface area contributed by atoms with E-state index in [1.54, 1.807) is 0 Å². The molecular weight excluding hydrogens is 306 g/mol. The predicted octanol–water partition coefficient (Wildman–Crippen LogP) is 0.530. The molecule has 2 aromatic heterocycles. The van der Waals surface area contributed by atoms with E-state index >= 15 is 0 Å². The summed E-state index contributed by atoms with van der Waals surface area (Å²) in [5.41, 5.74) is 6.36. The van der Waals surface area contributed by atoms with Gasteiger partial charge in [-0.1, -0.05) is 0 Å². The number of nitrogens with zero attached hydrogens (tertiary/aromatic N) is 4. The summed E-state index contributed by atoms with van der Waals surface area (Å²) in [6.45, 7) is 2.74. The van der Waals surface area contributed by atoms with Crippen LogP contribution in [0.4, 0.5) is 11.8 Å². The minimum atomic E-state index is -0.0299. The second-order valence-corrected chi connectivity index (χ2v) is 6.59. The number of nitrogens with one attached hydrogen (secondary N) is 2. The lowest BCUT2D eigenvalue weighted by atomic mass is 10.1. The number of hydrogen-bond acceptors (Lipinski definition) is 6. The number of fused-ring (bicyclic) bond motifs is 1. The molecule has 1 saturated heterocycles. The number of amides is 1. The summed E-state index contributed by atoms with van der Waals surface area (Å²) < 4.78 is 0. The summed E-state index contributed by atoms with van der Waals surface area (Å²) in [4.78, 5) is 29.0. The first-order chi connectivity index (χ1) is 11.7. The Kier molecular flexibility index (Phi) is 3.56. The molecular formula is C16H23N7O. The van der Waals surface area contributed by atoms with Crippen LogP contribution in [0.3, 0.4) is 0 Å². The van der Waals surface area contributed by atoms with E-state index in [4.69, 9.17) is 5.73 Å². The van der Waals surface area contributed by atoms with E-state index in [1.165, 1.54) is 0 Å². The van der Waals surface area contributed by atoms with Gasteiger partial charge in [0.25, 0.3) is 0 Å². The molecule has 0 aromatic carbocycles. The Bertz CT molecular complexity index is 767. The van der Waals surface area contributed by atoms with Gasteiger partial charge in [-0.25, -0.2) is 0 Å². The standard InChI is InChI=1S/C16H23N7O/c1-18-15-20-13-11(3-7-19-13)14(21-15)22-8-9-23(12(24)2-6-17)16(10-22)4-5-16/h3,7H,2,4-6,8-10,17H2,1H3,(H2,18,19,20,21). The molecule has 8 nitrogen and oxygen atoms in total. The van der Waals surface area contributed by atoms with Crippen molar-refractivity contribution in [2.75, 3.05) is 43.4 Å². The molecule has 2 aromatic rings. The van der Waals surface area contributed by atoms with Gasteiger partial charge < -0.3 is 25.8 Å². The Morgan fingerprint density at radius 1 is 1.42 bits per heavy atom.